The Bertz CT molecular complexity index is 985. The van der Waals surface area contributed by atoms with E-state index in [1.807, 2.05) is 0 Å². The van der Waals surface area contributed by atoms with Gasteiger partial charge in [0.2, 0.25) is 0 Å². The van der Waals surface area contributed by atoms with Gasteiger partial charge < -0.3 is 4.74 Å². The van der Waals surface area contributed by atoms with Crippen molar-refractivity contribution in [2.45, 2.75) is 0 Å². The average molecular weight is 426 g/mol. The number of thiophene rings is 2. The van der Waals surface area contributed by atoms with Gasteiger partial charge >= 0.3 is 0 Å². The van der Waals surface area contributed by atoms with Gasteiger partial charge in [-0.15, -0.1) is 22.7 Å². The summed E-state index contributed by atoms with van der Waals surface area (Å²) < 4.78 is 6.00. The van der Waals surface area contributed by atoms with E-state index in [0.29, 0.717) is 20.5 Å². The first kappa shape index (κ1) is 18.6. The van der Waals surface area contributed by atoms with Crippen molar-refractivity contribution in [2.75, 3.05) is 7.11 Å². The first-order valence-electron chi connectivity index (χ1n) is 7.21. The maximum Gasteiger partial charge on any atom is 0.279 e. The van der Waals surface area contributed by atoms with Gasteiger partial charge in [0, 0.05) is 10.1 Å². The highest BCUT2D eigenvalue weighted by molar-refractivity contribution is 7.80. The zero-order chi connectivity index (χ0) is 18.7. The Kier molecular flexibility index (Phi) is 5.72. The molecule has 2 heterocycles. The van der Waals surface area contributed by atoms with Crippen LogP contribution in [0.15, 0.2) is 35.7 Å². The standard InChI is InChI=1S/C16H12ClN3O3S3/c1-23-8-4-5-9-11(7-8)26-13(12(9)17)15(22)18-16(24)20-19-14(21)10-3-2-6-25-10/h2-7H,1H3,(H,19,21)(H2,18,20,22,24). The summed E-state index contributed by atoms with van der Waals surface area (Å²) in [7, 11) is 1.57. The molecule has 134 valence electrons. The number of nitrogens with one attached hydrogen (secondary N) is 3. The van der Waals surface area contributed by atoms with Crippen LogP contribution >= 0.6 is 46.5 Å². The van der Waals surface area contributed by atoms with E-state index in [-0.39, 0.29) is 11.0 Å². The summed E-state index contributed by atoms with van der Waals surface area (Å²) in [6.07, 6.45) is 0. The molecular formula is C16H12ClN3O3S3. The number of hydrogen-bond donors (Lipinski definition) is 3. The SMILES string of the molecule is COc1ccc2c(Cl)c(C(=O)NC(=S)NNC(=O)c3cccs3)sc2c1. The van der Waals surface area contributed by atoms with Crippen molar-refractivity contribution >= 4 is 73.5 Å². The number of halogens is 1. The van der Waals surface area contributed by atoms with Crippen LogP contribution in [0.2, 0.25) is 5.02 Å². The molecule has 0 saturated heterocycles. The quantitative estimate of drug-likeness (QED) is 0.441. The second-order valence-electron chi connectivity index (χ2n) is 4.95. The highest BCUT2D eigenvalue weighted by atomic mass is 35.5. The average Bonchev–Trinajstić information content (AvgIpc) is 3.28. The molecule has 10 heteroatoms. The van der Waals surface area contributed by atoms with Crippen LogP contribution in [0.25, 0.3) is 10.1 Å². The zero-order valence-corrected chi connectivity index (χ0v) is 16.5. The van der Waals surface area contributed by atoms with Gasteiger partial charge in [0.15, 0.2) is 5.11 Å². The summed E-state index contributed by atoms with van der Waals surface area (Å²) in [5.41, 5.74) is 4.91. The number of carbonyl (C=O) groups is 2. The fourth-order valence-electron chi connectivity index (χ4n) is 2.09. The Morgan fingerprint density at radius 1 is 1.19 bits per heavy atom. The topological polar surface area (TPSA) is 79.5 Å². The third-order valence-corrected chi connectivity index (χ3v) is 6.03. The molecule has 1 aromatic carbocycles. The second-order valence-corrected chi connectivity index (χ2v) is 7.73. The molecule has 2 aromatic heterocycles. The molecule has 0 aliphatic rings. The first-order chi connectivity index (χ1) is 12.5. The van der Waals surface area contributed by atoms with Crippen molar-refractivity contribution in [3.05, 3.63) is 50.5 Å². The number of carbonyl (C=O) groups excluding carboxylic acids is 2. The first-order valence-corrected chi connectivity index (χ1v) is 9.69. The number of hydrogen-bond acceptors (Lipinski definition) is 6. The molecule has 3 rings (SSSR count). The fourth-order valence-corrected chi connectivity index (χ4v) is 4.30. The molecule has 0 fully saturated rings. The highest BCUT2D eigenvalue weighted by Gasteiger charge is 2.18. The summed E-state index contributed by atoms with van der Waals surface area (Å²) in [6.45, 7) is 0. The van der Waals surface area contributed by atoms with Crippen molar-refractivity contribution in [3.8, 4) is 5.75 Å². The van der Waals surface area contributed by atoms with E-state index in [9.17, 15) is 9.59 Å². The predicted molar refractivity (Wildman–Crippen MR) is 108 cm³/mol. The molecule has 0 atom stereocenters. The minimum absolute atomic E-state index is 0.0361. The number of ether oxygens (including phenoxy) is 1. The van der Waals surface area contributed by atoms with Crippen LogP contribution in [0.5, 0.6) is 5.75 Å². The van der Waals surface area contributed by atoms with Crippen LogP contribution in [0.3, 0.4) is 0 Å². The lowest BCUT2D eigenvalue weighted by atomic mass is 10.2. The summed E-state index contributed by atoms with van der Waals surface area (Å²) in [5, 5.41) is 5.34. The second kappa shape index (κ2) is 8.00. The maximum atomic E-state index is 12.4. The monoisotopic (exact) mass is 425 g/mol. The van der Waals surface area contributed by atoms with E-state index in [0.717, 1.165) is 10.1 Å². The van der Waals surface area contributed by atoms with Gasteiger partial charge in [0.1, 0.15) is 10.6 Å². The van der Waals surface area contributed by atoms with Gasteiger partial charge in [0.25, 0.3) is 11.8 Å². The van der Waals surface area contributed by atoms with E-state index >= 15 is 0 Å². The van der Waals surface area contributed by atoms with E-state index in [2.05, 4.69) is 16.2 Å². The van der Waals surface area contributed by atoms with Gasteiger partial charge in [-0.2, -0.15) is 0 Å². The van der Waals surface area contributed by atoms with E-state index in [1.54, 1.807) is 42.8 Å². The minimum atomic E-state index is -0.460. The highest BCUT2D eigenvalue weighted by Crippen LogP contribution is 2.37. The third kappa shape index (κ3) is 3.96. The summed E-state index contributed by atoms with van der Waals surface area (Å²) in [4.78, 5) is 25.1. The van der Waals surface area contributed by atoms with Crippen LogP contribution in [0.1, 0.15) is 19.3 Å². The van der Waals surface area contributed by atoms with Crippen LogP contribution < -0.4 is 20.9 Å². The van der Waals surface area contributed by atoms with Crippen LogP contribution in [-0.4, -0.2) is 24.0 Å². The number of hydrazine groups is 1. The van der Waals surface area contributed by atoms with Crippen molar-refractivity contribution < 1.29 is 14.3 Å². The molecule has 0 aliphatic carbocycles. The minimum Gasteiger partial charge on any atom is -0.497 e. The van der Waals surface area contributed by atoms with Crippen LogP contribution in [0, 0.1) is 0 Å². The molecule has 0 aliphatic heterocycles. The smallest absolute Gasteiger partial charge is 0.279 e. The molecule has 0 unspecified atom stereocenters. The largest absolute Gasteiger partial charge is 0.497 e. The summed E-state index contributed by atoms with van der Waals surface area (Å²) >= 11 is 13.9. The molecule has 6 nitrogen and oxygen atoms in total. The predicted octanol–water partition coefficient (Wildman–Crippen LogP) is 3.57. The van der Waals surface area contributed by atoms with Gasteiger partial charge in [-0.3, -0.25) is 25.8 Å². The normalized spacial score (nSPS) is 10.4. The number of fused-ring (bicyclic) bond motifs is 1. The third-order valence-electron chi connectivity index (χ3n) is 3.30. The zero-order valence-electron chi connectivity index (χ0n) is 13.3. The molecular weight excluding hydrogens is 414 g/mol. The molecule has 26 heavy (non-hydrogen) atoms. The van der Waals surface area contributed by atoms with Crippen molar-refractivity contribution in [1.82, 2.24) is 16.2 Å². The lowest BCUT2D eigenvalue weighted by molar-refractivity contribution is 0.0938. The molecule has 3 aromatic rings. The maximum absolute atomic E-state index is 12.4. The van der Waals surface area contributed by atoms with E-state index in [1.165, 1.54) is 22.7 Å². The molecule has 0 bridgehead atoms. The lowest BCUT2D eigenvalue weighted by Gasteiger charge is -2.09. The molecule has 0 saturated carbocycles. The summed E-state index contributed by atoms with van der Waals surface area (Å²) in [5.74, 6) is -0.127. The van der Waals surface area contributed by atoms with Gasteiger partial charge in [0.05, 0.1) is 17.0 Å². The van der Waals surface area contributed by atoms with Crippen molar-refractivity contribution in [3.63, 3.8) is 0 Å². The number of methoxy groups -OCH3 is 1. The van der Waals surface area contributed by atoms with E-state index in [4.69, 9.17) is 28.6 Å². The number of thiocarbonyl (C=S) groups is 1. The van der Waals surface area contributed by atoms with Crippen molar-refractivity contribution in [1.29, 1.82) is 0 Å². The Hall–Kier alpha value is -2.20. The number of rotatable bonds is 3. The fraction of sp³-hybridized carbons (Fsp3) is 0.0625. The molecule has 0 radical (unpaired) electrons. The Balaban J connectivity index is 1.65. The Morgan fingerprint density at radius 2 is 2.00 bits per heavy atom. The molecule has 0 spiro atoms. The number of benzene rings is 1. The Labute approximate surface area is 167 Å². The van der Waals surface area contributed by atoms with Crippen LogP contribution in [-0.2, 0) is 0 Å². The lowest BCUT2D eigenvalue weighted by Crippen LogP contribution is -2.48. The van der Waals surface area contributed by atoms with E-state index < -0.39 is 5.91 Å². The van der Waals surface area contributed by atoms with Gasteiger partial charge in [-0.25, -0.2) is 0 Å². The molecule has 3 N–H and O–H groups in total. The molecule has 2 amide bonds. The Morgan fingerprint density at radius 3 is 2.69 bits per heavy atom. The summed E-state index contributed by atoms with van der Waals surface area (Å²) in [6, 6.07) is 8.81. The van der Waals surface area contributed by atoms with Crippen LogP contribution in [0.4, 0.5) is 0 Å². The van der Waals surface area contributed by atoms with Gasteiger partial charge in [-0.1, -0.05) is 17.7 Å². The number of amides is 2. The van der Waals surface area contributed by atoms with Crippen molar-refractivity contribution in [2.24, 2.45) is 0 Å². The van der Waals surface area contributed by atoms with Gasteiger partial charge in [-0.05, 0) is 41.9 Å².